The molecular formula is C17H21FN4. The van der Waals surface area contributed by atoms with Crippen molar-refractivity contribution in [2.45, 2.75) is 32.6 Å². The van der Waals surface area contributed by atoms with E-state index in [-0.39, 0.29) is 5.82 Å². The number of aromatic nitrogens is 2. The number of nitrogens with zero attached hydrogens (tertiary/aromatic N) is 3. The summed E-state index contributed by atoms with van der Waals surface area (Å²) in [7, 11) is 0. The van der Waals surface area contributed by atoms with Crippen LogP contribution in [0.5, 0.6) is 0 Å². The Hall–Kier alpha value is -2.17. The highest BCUT2D eigenvalue weighted by molar-refractivity contribution is 5.60. The molecule has 2 aromatic rings. The molecule has 0 radical (unpaired) electrons. The van der Waals surface area contributed by atoms with Crippen molar-refractivity contribution in [3.05, 3.63) is 42.0 Å². The molecule has 0 bridgehead atoms. The molecule has 3 rings (SSSR count). The van der Waals surface area contributed by atoms with Crippen LogP contribution in [0.1, 0.15) is 31.5 Å². The van der Waals surface area contributed by atoms with Crippen LogP contribution in [0.15, 0.2) is 30.3 Å². The standard InChI is InChI=1S/C17H21FN4/c1-13-19-16(21-15-9-5-4-8-14(15)18)12-17(20-13)22-10-6-2-3-7-11-22/h4-5,8-9,12H,2-3,6-7,10-11H2,1H3,(H,19,20,21). The first-order valence-corrected chi connectivity index (χ1v) is 7.84. The van der Waals surface area contributed by atoms with Gasteiger partial charge in [-0.25, -0.2) is 14.4 Å². The minimum Gasteiger partial charge on any atom is -0.356 e. The Bertz CT molecular complexity index is 636. The van der Waals surface area contributed by atoms with E-state index in [1.165, 1.54) is 31.7 Å². The summed E-state index contributed by atoms with van der Waals surface area (Å²) < 4.78 is 13.8. The van der Waals surface area contributed by atoms with E-state index >= 15 is 0 Å². The van der Waals surface area contributed by atoms with Crippen molar-refractivity contribution in [2.24, 2.45) is 0 Å². The van der Waals surface area contributed by atoms with Crippen LogP contribution in [0.2, 0.25) is 0 Å². The zero-order chi connectivity index (χ0) is 15.4. The molecule has 0 saturated carbocycles. The number of benzene rings is 1. The summed E-state index contributed by atoms with van der Waals surface area (Å²) in [5.74, 6) is 1.97. The Morgan fingerprint density at radius 2 is 1.77 bits per heavy atom. The van der Waals surface area contributed by atoms with Gasteiger partial charge < -0.3 is 10.2 Å². The van der Waals surface area contributed by atoms with Crippen molar-refractivity contribution >= 4 is 17.3 Å². The van der Waals surface area contributed by atoms with Gasteiger partial charge in [0.25, 0.3) is 0 Å². The lowest BCUT2D eigenvalue weighted by molar-refractivity contribution is 0.631. The van der Waals surface area contributed by atoms with Crippen LogP contribution >= 0.6 is 0 Å². The molecular weight excluding hydrogens is 279 g/mol. The van der Waals surface area contributed by atoms with Crippen molar-refractivity contribution in [1.29, 1.82) is 0 Å². The molecule has 2 heterocycles. The number of hydrogen-bond acceptors (Lipinski definition) is 4. The van der Waals surface area contributed by atoms with E-state index in [0.717, 1.165) is 18.9 Å². The molecule has 1 N–H and O–H groups in total. The largest absolute Gasteiger partial charge is 0.356 e. The van der Waals surface area contributed by atoms with Crippen LogP contribution in [0.25, 0.3) is 0 Å². The van der Waals surface area contributed by atoms with E-state index in [1.807, 2.05) is 13.0 Å². The van der Waals surface area contributed by atoms with Crippen LogP contribution in [-0.4, -0.2) is 23.1 Å². The van der Waals surface area contributed by atoms with Gasteiger partial charge in [-0.1, -0.05) is 25.0 Å². The molecule has 0 unspecified atom stereocenters. The van der Waals surface area contributed by atoms with E-state index in [0.29, 0.717) is 17.3 Å². The van der Waals surface area contributed by atoms with E-state index in [2.05, 4.69) is 20.2 Å². The number of para-hydroxylation sites is 1. The Kier molecular flexibility index (Phi) is 4.51. The van der Waals surface area contributed by atoms with Gasteiger partial charge in [0.2, 0.25) is 0 Å². The monoisotopic (exact) mass is 300 g/mol. The summed E-state index contributed by atoms with van der Waals surface area (Å²) in [5.41, 5.74) is 0.433. The third kappa shape index (κ3) is 3.53. The highest BCUT2D eigenvalue weighted by Gasteiger charge is 2.13. The first kappa shape index (κ1) is 14.8. The number of nitrogens with one attached hydrogen (secondary N) is 1. The van der Waals surface area contributed by atoms with Gasteiger partial charge in [0.15, 0.2) is 0 Å². The number of hydrogen-bond donors (Lipinski definition) is 1. The van der Waals surface area contributed by atoms with E-state index in [1.54, 1.807) is 18.2 Å². The molecule has 0 atom stereocenters. The van der Waals surface area contributed by atoms with Crippen molar-refractivity contribution in [3.63, 3.8) is 0 Å². The molecule has 116 valence electrons. The Morgan fingerprint density at radius 1 is 1.05 bits per heavy atom. The van der Waals surface area contributed by atoms with Gasteiger partial charge >= 0.3 is 0 Å². The molecule has 1 aliphatic rings. The summed E-state index contributed by atoms with van der Waals surface area (Å²) in [4.78, 5) is 11.2. The number of aryl methyl sites for hydroxylation is 1. The third-order valence-corrected chi connectivity index (χ3v) is 3.89. The zero-order valence-corrected chi connectivity index (χ0v) is 12.8. The van der Waals surface area contributed by atoms with Crippen molar-refractivity contribution in [1.82, 2.24) is 9.97 Å². The lowest BCUT2D eigenvalue weighted by Gasteiger charge is -2.22. The molecule has 1 aromatic heterocycles. The first-order chi connectivity index (χ1) is 10.7. The summed E-state index contributed by atoms with van der Waals surface area (Å²) in [6, 6.07) is 8.53. The second-order valence-electron chi connectivity index (χ2n) is 5.66. The molecule has 1 aliphatic heterocycles. The number of anilines is 3. The summed E-state index contributed by atoms with van der Waals surface area (Å²) in [6.07, 6.45) is 4.94. The van der Waals surface area contributed by atoms with Crippen LogP contribution in [-0.2, 0) is 0 Å². The van der Waals surface area contributed by atoms with Crippen LogP contribution in [0.4, 0.5) is 21.7 Å². The lowest BCUT2D eigenvalue weighted by Crippen LogP contribution is -2.25. The molecule has 4 nitrogen and oxygen atoms in total. The topological polar surface area (TPSA) is 41.1 Å². The van der Waals surface area contributed by atoms with Crippen LogP contribution in [0.3, 0.4) is 0 Å². The van der Waals surface area contributed by atoms with Gasteiger partial charge in [0, 0.05) is 19.2 Å². The molecule has 0 spiro atoms. The molecule has 1 aromatic carbocycles. The minimum atomic E-state index is -0.282. The molecule has 1 fully saturated rings. The summed E-state index contributed by atoms with van der Waals surface area (Å²) in [5, 5.41) is 3.06. The lowest BCUT2D eigenvalue weighted by atomic mass is 10.2. The SMILES string of the molecule is Cc1nc(Nc2ccccc2F)cc(N2CCCCCC2)n1. The van der Waals surface area contributed by atoms with Gasteiger partial charge in [0.1, 0.15) is 23.3 Å². The number of rotatable bonds is 3. The highest BCUT2D eigenvalue weighted by atomic mass is 19.1. The van der Waals surface area contributed by atoms with Crippen LogP contribution < -0.4 is 10.2 Å². The molecule has 22 heavy (non-hydrogen) atoms. The second kappa shape index (κ2) is 6.73. The van der Waals surface area contributed by atoms with Gasteiger partial charge in [-0.05, 0) is 31.9 Å². The zero-order valence-electron chi connectivity index (χ0n) is 12.8. The van der Waals surface area contributed by atoms with Crippen LogP contribution in [0, 0.1) is 12.7 Å². The normalized spacial score (nSPS) is 15.5. The second-order valence-corrected chi connectivity index (χ2v) is 5.66. The fourth-order valence-corrected chi connectivity index (χ4v) is 2.78. The predicted octanol–water partition coefficient (Wildman–Crippen LogP) is 4.05. The van der Waals surface area contributed by atoms with Crippen molar-refractivity contribution in [2.75, 3.05) is 23.3 Å². The number of halogens is 1. The van der Waals surface area contributed by atoms with Gasteiger partial charge in [-0.2, -0.15) is 0 Å². The van der Waals surface area contributed by atoms with Gasteiger partial charge in [0.05, 0.1) is 5.69 Å². The predicted molar refractivity (Wildman–Crippen MR) is 87.1 cm³/mol. The average Bonchev–Trinajstić information content (AvgIpc) is 2.78. The quantitative estimate of drug-likeness (QED) is 0.928. The van der Waals surface area contributed by atoms with E-state index < -0.39 is 0 Å². The van der Waals surface area contributed by atoms with Gasteiger partial charge in [-0.15, -0.1) is 0 Å². The fourth-order valence-electron chi connectivity index (χ4n) is 2.78. The van der Waals surface area contributed by atoms with Crippen molar-refractivity contribution < 1.29 is 4.39 Å². The fraction of sp³-hybridized carbons (Fsp3) is 0.412. The Morgan fingerprint density at radius 3 is 2.50 bits per heavy atom. The molecule has 0 aliphatic carbocycles. The first-order valence-electron chi connectivity index (χ1n) is 7.84. The van der Waals surface area contributed by atoms with Gasteiger partial charge in [-0.3, -0.25) is 0 Å². The Balaban J connectivity index is 1.84. The minimum absolute atomic E-state index is 0.282. The summed E-state index contributed by atoms with van der Waals surface area (Å²) >= 11 is 0. The van der Waals surface area contributed by atoms with Crippen molar-refractivity contribution in [3.8, 4) is 0 Å². The summed E-state index contributed by atoms with van der Waals surface area (Å²) in [6.45, 7) is 3.92. The average molecular weight is 300 g/mol. The van der Waals surface area contributed by atoms with E-state index in [9.17, 15) is 4.39 Å². The third-order valence-electron chi connectivity index (χ3n) is 3.89. The maximum Gasteiger partial charge on any atom is 0.146 e. The smallest absolute Gasteiger partial charge is 0.146 e. The van der Waals surface area contributed by atoms with E-state index in [4.69, 9.17) is 0 Å². The molecule has 5 heteroatoms. The molecule has 0 amide bonds. The maximum absolute atomic E-state index is 13.8. The molecule has 1 saturated heterocycles. The Labute approximate surface area is 130 Å². The highest BCUT2D eigenvalue weighted by Crippen LogP contribution is 2.23. The maximum atomic E-state index is 13.8.